The molecule has 5 rings (SSSR count). The van der Waals surface area contributed by atoms with E-state index in [1.165, 1.54) is 0 Å². The Morgan fingerprint density at radius 3 is 2.67 bits per heavy atom. The van der Waals surface area contributed by atoms with Crippen LogP contribution >= 0.6 is 0 Å². The molecule has 3 aromatic heterocycles. The van der Waals surface area contributed by atoms with Crippen molar-refractivity contribution in [3.05, 3.63) is 96.1 Å². The first-order chi connectivity index (χ1) is 14.7. The minimum absolute atomic E-state index is 0.666. The van der Waals surface area contributed by atoms with Gasteiger partial charge in [-0.25, -0.2) is 4.98 Å². The average molecular weight is 391 g/mol. The highest BCUT2D eigenvalue weighted by Crippen LogP contribution is 2.31. The molecule has 3 N–H and O–H groups in total. The summed E-state index contributed by atoms with van der Waals surface area (Å²) in [5.74, 6) is 0.875. The molecule has 146 valence electrons. The van der Waals surface area contributed by atoms with Crippen LogP contribution in [-0.2, 0) is 6.42 Å². The lowest BCUT2D eigenvalue weighted by molar-refractivity contribution is 1.03. The molecule has 0 fully saturated rings. The fourth-order valence-electron chi connectivity index (χ4n) is 3.70. The SMILES string of the molecule is Cc1cccc(-c2[nH]c(Cc3cccc(N)c3)nc2-c2ccc3ncccc3c2)n1. The number of nitrogens with two attached hydrogens (primary N) is 1. The molecule has 0 amide bonds. The highest BCUT2D eigenvalue weighted by atomic mass is 15.0. The third-order valence-electron chi connectivity index (χ3n) is 5.10. The van der Waals surface area contributed by atoms with Gasteiger partial charge in [0.15, 0.2) is 0 Å². The van der Waals surface area contributed by atoms with Gasteiger partial charge in [0.2, 0.25) is 0 Å². The quantitative estimate of drug-likeness (QED) is 0.414. The standard InChI is InChI=1S/C25H21N5/c1-16-5-2-9-22(28-16)25-24(19-10-11-21-18(15-19)7-4-12-27-21)29-23(30-25)14-17-6-3-8-20(26)13-17/h2-13,15H,14,26H2,1H3,(H,29,30). The maximum absolute atomic E-state index is 5.95. The van der Waals surface area contributed by atoms with E-state index in [9.17, 15) is 0 Å². The third kappa shape index (κ3) is 3.53. The van der Waals surface area contributed by atoms with Crippen LogP contribution in [0.1, 0.15) is 17.1 Å². The summed E-state index contributed by atoms with van der Waals surface area (Å²) in [6.45, 7) is 1.99. The molecule has 0 radical (unpaired) electrons. The Kier molecular flexibility index (Phi) is 4.48. The van der Waals surface area contributed by atoms with E-state index < -0.39 is 0 Å². The lowest BCUT2D eigenvalue weighted by atomic mass is 10.1. The first-order valence-electron chi connectivity index (χ1n) is 9.88. The Bertz CT molecular complexity index is 1350. The van der Waals surface area contributed by atoms with Crippen LogP contribution in [0.15, 0.2) is 79.0 Å². The van der Waals surface area contributed by atoms with Crippen LogP contribution in [0.2, 0.25) is 0 Å². The first-order valence-corrected chi connectivity index (χ1v) is 9.88. The number of pyridine rings is 2. The zero-order valence-corrected chi connectivity index (χ0v) is 16.6. The van der Waals surface area contributed by atoms with Crippen molar-refractivity contribution < 1.29 is 0 Å². The van der Waals surface area contributed by atoms with Crippen LogP contribution in [0.5, 0.6) is 0 Å². The molecule has 0 aliphatic heterocycles. The molecule has 0 bridgehead atoms. The van der Waals surface area contributed by atoms with Gasteiger partial charge in [-0.2, -0.15) is 0 Å². The predicted octanol–water partition coefficient (Wildman–Crippen LogP) is 5.17. The summed E-state index contributed by atoms with van der Waals surface area (Å²) in [7, 11) is 0. The summed E-state index contributed by atoms with van der Waals surface area (Å²) in [5, 5.41) is 1.08. The summed E-state index contributed by atoms with van der Waals surface area (Å²) in [6.07, 6.45) is 2.47. The van der Waals surface area contributed by atoms with E-state index in [1.807, 2.05) is 61.7 Å². The number of aromatic amines is 1. The van der Waals surface area contributed by atoms with Crippen molar-refractivity contribution in [2.75, 3.05) is 5.73 Å². The van der Waals surface area contributed by atoms with Gasteiger partial charge in [-0.3, -0.25) is 9.97 Å². The van der Waals surface area contributed by atoms with Crippen LogP contribution in [0.4, 0.5) is 5.69 Å². The molecule has 0 aliphatic carbocycles. The number of rotatable bonds is 4. The Morgan fingerprint density at radius 1 is 0.900 bits per heavy atom. The average Bonchev–Trinajstić information content (AvgIpc) is 3.17. The van der Waals surface area contributed by atoms with E-state index in [0.717, 1.165) is 56.3 Å². The van der Waals surface area contributed by atoms with Gasteiger partial charge in [0, 0.05) is 34.9 Å². The summed E-state index contributed by atoms with van der Waals surface area (Å²) in [6, 6.07) is 24.2. The molecule has 0 spiro atoms. The topological polar surface area (TPSA) is 80.5 Å². The van der Waals surface area contributed by atoms with E-state index in [-0.39, 0.29) is 0 Å². The minimum Gasteiger partial charge on any atom is -0.399 e. The summed E-state index contributed by atoms with van der Waals surface area (Å²) in [4.78, 5) is 17.6. The highest BCUT2D eigenvalue weighted by Gasteiger charge is 2.16. The Balaban J connectivity index is 1.64. The van der Waals surface area contributed by atoms with Crippen molar-refractivity contribution >= 4 is 16.6 Å². The maximum atomic E-state index is 5.95. The van der Waals surface area contributed by atoms with Gasteiger partial charge in [-0.15, -0.1) is 0 Å². The van der Waals surface area contributed by atoms with Gasteiger partial charge in [-0.1, -0.05) is 30.3 Å². The molecule has 0 saturated heterocycles. The van der Waals surface area contributed by atoms with Gasteiger partial charge in [0.1, 0.15) is 5.82 Å². The summed E-state index contributed by atoms with van der Waals surface area (Å²) in [5.41, 5.74) is 13.5. The van der Waals surface area contributed by atoms with Gasteiger partial charge >= 0.3 is 0 Å². The molecular weight excluding hydrogens is 370 g/mol. The molecule has 3 heterocycles. The van der Waals surface area contributed by atoms with E-state index in [2.05, 4.69) is 34.2 Å². The van der Waals surface area contributed by atoms with Crippen molar-refractivity contribution in [3.63, 3.8) is 0 Å². The monoisotopic (exact) mass is 391 g/mol. The second kappa shape index (κ2) is 7.44. The number of aromatic nitrogens is 4. The number of nitrogens with one attached hydrogen (secondary N) is 1. The van der Waals surface area contributed by atoms with Crippen molar-refractivity contribution in [3.8, 4) is 22.6 Å². The van der Waals surface area contributed by atoms with Crippen molar-refractivity contribution in [1.29, 1.82) is 0 Å². The molecule has 2 aromatic carbocycles. The largest absolute Gasteiger partial charge is 0.399 e. The molecule has 0 unspecified atom stereocenters. The maximum Gasteiger partial charge on any atom is 0.111 e. The molecule has 0 atom stereocenters. The Hall–Kier alpha value is -3.99. The van der Waals surface area contributed by atoms with Crippen LogP contribution < -0.4 is 5.73 Å². The fraction of sp³-hybridized carbons (Fsp3) is 0.0800. The lowest BCUT2D eigenvalue weighted by Gasteiger charge is -2.05. The first kappa shape index (κ1) is 18.1. The van der Waals surface area contributed by atoms with E-state index in [4.69, 9.17) is 15.7 Å². The van der Waals surface area contributed by atoms with E-state index in [1.54, 1.807) is 0 Å². The molecule has 0 saturated carbocycles. The minimum atomic E-state index is 0.666. The smallest absolute Gasteiger partial charge is 0.111 e. The number of anilines is 1. The van der Waals surface area contributed by atoms with Gasteiger partial charge in [0.05, 0.1) is 22.6 Å². The second-order valence-electron chi connectivity index (χ2n) is 7.40. The number of hydrogen-bond acceptors (Lipinski definition) is 4. The lowest BCUT2D eigenvalue weighted by Crippen LogP contribution is -1.93. The van der Waals surface area contributed by atoms with Crippen LogP contribution in [0.3, 0.4) is 0 Å². The number of aryl methyl sites for hydroxylation is 1. The zero-order valence-electron chi connectivity index (χ0n) is 16.6. The second-order valence-corrected chi connectivity index (χ2v) is 7.40. The third-order valence-corrected chi connectivity index (χ3v) is 5.10. The molecule has 5 heteroatoms. The summed E-state index contributed by atoms with van der Waals surface area (Å²) < 4.78 is 0. The number of imidazole rings is 1. The number of nitrogens with zero attached hydrogens (tertiary/aromatic N) is 3. The highest BCUT2D eigenvalue weighted by molar-refractivity contribution is 5.86. The van der Waals surface area contributed by atoms with Crippen molar-refractivity contribution in [2.45, 2.75) is 13.3 Å². The molecule has 5 aromatic rings. The number of fused-ring (bicyclic) bond motifs is 1. The van der Waals surface area contributed by atoms with Gasteiger partial charge in [0.25, 0.3) is 0 Å². The Morgan fingerprint density at radius 2 is 1.80 bits per heavy atom. The van der Waals surface area contributed by atoms with Gasteiger partial charge < -0.3 is 10.7 Å². The number of H-pyrrole nitrogens is 1. The molecular formula is C25H21N5. The number of nitrogen functional groups attached to an aromatic ring is 1. The molecule has 30 heavy (non-hydrogen) atoms. The fourth-order valence-corrected chi connectivity index (χ4v) is 3.70. The van der Waals surface area contributed by atoms with Crippen molar-refractivity contribution in [1.82, 2.24) is 19.9 Å². The zero-order chi connectivity index (χ0) is 20.5. The van der Waals surface area contributed by atoms with Crippen LogP contribution in [-0.4, -0.2) is 19.9 Å². The number of benzene rings is 2. The van der Waals surface area contributed by atoms with E-state index in [0.29, 0.717) is 6.42 Å². The Labute approximate surface area is 174 Å². The normalized spacial score (nSPS) is 11.1. The summed E-state index contributed by atoms with van der Waals surface area (Å²) >= 11 is 0. The number of hydrogen-bond donors (Lipinski definition) is 2. The van der Waals surface area contributed by atoms with Crippen molar-refractivity contribution in [2.24, 2.45) is 0 Å². The van der Waals surface area contributed by atoms with Gasteiger partial charge in [-0.05, 0) is 55.0 Å². The predicted molar refractivity (Wildman–Crippen MR) is 121 cm³/mol. The van der Waals surface area contributed by atoms with Crippen LogP contribution in [0, 0.1) is 6.92 Å². The molecule has 0 aliphatic rings. The van der Waals surface area contributed by atoms with Crippen LogP contribution in [0.25, 0.3) is 33.5 Å². The van der Waals surface area contributed by atoms with E-state index >= 15 is 0 Å². The molecule has 5 nitrogen and oxygen atoms in total.